The number of rotatable bonds is 5. The predicted octanol–water partition coefficient (Wildman–Crippen LogP) is 3.65. The number of H-pyrrole nitrogens is 1. The van der Waals surface area contributed by atoms with Crippen molar-refractivity contribution in [3.8, 4) is 22.8 Å². The van der Waals surface area contributed by atoms with Crippen molar-refractivity contribution in [1.29, 1.82) is 0 Å². The minimum atomic E-state index is 0.561. The molecule has 6 nitrogen and oxygen atoms in total. The number of thioether (sulfide) groups is 1. The van der Waals surface area contributed by atoms with Gasteiger partial charge in [0.1, 0.15) is 5.69 Å². The van der Waals surface area contributed by atoms with Gasteiger partial charge in [0.25, 0.3) is 0 Å². The highest BCUT2D eigenvalue weighted by atomic mass is 32.2. The van der Waals surface area contributed by atoms with Gasteiger partial charge in [0.05, 0.1) is 5.69 Å². The number of benzene rings is 2. The van der Waals surface area contributed by atoms with Crippen molar-refractivity contribution in [2.24, 2.45) is 0 Å². The molecule has 7 heteroatoms. The van der Waals surface area contributed by atoms with Crippen LogP contribution in [0.1, 0.15) is 11.1 Å². The van der Waals surface area contributed by atoms with E-state index in [4.69, 9.17) is 5.84 Å². The Morgan fingerprint density at radius 3 is 2.58 bits per heavy atom. The van der Waals surface area contributed by atoms with Crippen molar-refractivity contribution in [2.45, 2.75) is 17.8 Å². The van der Waals surface area contributed by atoms with Crippen LogP contribution in [0, 0.1) is 6.92 Å². The maximum atomic E-state index is 6.19. The molecule has 0 spiro atoms. The van der Waals surface area contributed by atoms with E-state index in [9.17, 15) is 0 Å². The van der Waals surface area contributed by atoms with E-state index in [-0.39, 0.29) is 0 Å². The average molecular weight is 362 g/mol. The van der Waals surface area contributed by atoms with Crippen molar-refractivity contribution in [1.82, 2.24) is 25.1 Å². The van der Waals surface area contributed by atoms with Gasteiger partial charge >= 0.3 is 0 Å². The summed E-state index contributed by atoms with van der Waals surface area (Å²) in [6, 6.07) is 20.3. The molecule has 0 aliphatic heterocycles. The zero-order chi connectivity index (χ0) is 17.9. The zero-order valence-corrected chi connectivity index (χ0v) is 15.1. The number of aromatic nitrogens is 5. The maximum absolute atomic E-state index is 6.19. The Balaban J connectivity index is 1.52. The molecule has 130 valence electrons. The molecule has 0 saturated carbocycles. The fourth-order valence-electron chi connectivity index (χ4n) is 2.58. The summed E-state index contributed by atoms with van der Waals surface area (Å²) in [5.41, 5.74) is 5.08. The van der Waals surface area contributed by atoms with Gasteiger partial charge in [0.2, 0.25) is 11.0 Å². The van der Waals surface area contributed by atoms with E-state index in [0.29, 0.717) is 11.0 Å². The topological polar surface area (TPSA) is 85.4 Å². The molecule has 2 heterocycles. The largest absolute Gasteiger partial charge is 0.335 e. The maximum Gasteiger partial charge on any atom is 0.210 e. The molecule has 4 aromatic rings. The Morgan fingerprint density at radius 2 is 1.81 bits per heavy atom. The first-order chi connectivity index (χ1) is 12.7. The summed E-state index contributed by atoms with van der Waals surface area (Å²) >= 11 is 1.55. The summed E-state index contributed by atoms with van der Waals surface area (Å²) in [5, 5.41) is 16.4. The van der Waals surface area contributed by atoms with Crippen LogP contribution in [-0.2, 0) is 5.75 Å². The molecule has 0 amide bonds. The number of nitrogens with two attached hydrogens (primary N) is 1. The number of aryl methyl sites for hydroxylation is 1. The van der Waals surface area contributed by atoms with Crippen LogP contribution < -0.4 is 5.84 Å². The van der Waals surface area contributed by atoms with Crippen LogP contribution in [0.5, 0.6) is 0 Å². The molecule has 0 bridgehead atoms. The molecule has 0 aliphatic carbocycles. The number of nitrogens with one attached hydrogen (secondary N) is 1. The lowest BCUT2D eigenvalue weighted by Gasteiger charge is -2.03. The third-order valence-corrected chi connectivity index (χ3v) is 5.06. The average Bonchev–Trinajstić information content (AvgIpc) is 3.29. The Morgan fingerprint density at radius 1 is 1.04 bits per heavy atom. The van der Waals surface area contributed by atoms with Crippen molar-refractivity contribution in [3.63, 3.8) is 0 Å². The summed E-state index contributed by atoms with van der Waals surface area (Å²) in [4.78, 5) is 0. The first-order valence-corrected chi connectivity index (χ1v) is 9.19. The molecule has 0 radical (unpaired) electrons. The molecular weight excluding hydrogens is 344 g/mol. The van der Waals surface area contributed by atoms with E-state index in [1.54, 1.807) is 11.8 Å². The third-order valence-electron chi connectivity index (χ3n) is 4.04. The standard InChI is InChI=1S/C19H18N6S/c1-13-7-9-14(10-8-13)12-26-19-24-23-18(25(19)20)17-11-16(21-22-17)15-5-3-2-4-6-15/h2-11H,12,20H2,1H3,(H,21,22). The highest BCUT2D eigenvalue weighted by molar-refractivity contribution is 7.98. The zero-order valence-electron chi connectivity index (χ0n) is 14.3. The van der Waals surface area contributed by atoms with Crippen molar-refractivity contribution in [2.75, 3.05) is 5.84 Å². The van der Waals surface area contributed by atoms with Gasteiger partial charge in [-0.25, -0.2) is 4.68 Å². The lowest BCUT2D eigenvalue weighted by atomic mass is 10.1. The SMILES string of the molecule is Cc1ccc(CSc2nnc(-c3cc(-c4ccccc4)n[nH]3)n2N)cc1. The summed E-state index contributed by atoms with van der Waals surface area (Å²) in [7, 11) is 0. The van der Waals surface area contributed by atoms with Gasteiger partial charge in [0, 0.05) is 11.3 Å². The molecule has 0 atom stereocenters. The van der Waals surface area contributed by atoms with Crippen molar-refractivity contribution >= 4 is 11.8 Å². The van der Waals surface area contributed by atoms with Gasteiger partial charge in [0.15, 0.2) is 0 Å². The molecule has 2 aromatic heterocycles. The van der Waals surface area contributed by atoms with Gasteiger partial charge in [-0.3, -0.25) is 5.10 Å². The van der Waals surface area contributed by atoms with Gasteiger partial charge < -0.3 is 5.84 Å². The van der Waals surface area contributed by atoms with E-state index in [0.717, 1.165) is 22.7 Å². The molecule has 0 aliphatic rings. The number of nitrogen functional groups attached to an aromatic ring is 1. The van der Waals surface area contributed by atoms with Gasteiger partial charge in [-0.2, -0.15) is 5.10 Å². The molecule has 3 N–H and O–H groups in total. The molecule has 0 saturated heterocycles. The van der Waals surface area contributed by atoms with Crippen LogP contribution in [-0.4, -0.2) is 25.1 Å². The summed E-state index contributed by atoms with van der Waals surface area (Å²) in [6.45, 7) is 2.08. The number of nitrogens with zero attached hydrogens (tertiary/aromatic N) is 4. The highest BCUT2D eigenvalue weighted by Crippen LogP contribution is 2.26. The van der Waals surface area contributed by atoms with E-state index in [1.807, 2.05) is 36.4 Å². The Labute approximate surface area is 155 Å². The minimum Gasteiger partial charge on any atom is -0.335 e. The molecule has 4 rings (SSSR count). The number of hydrogen-bond acceptors (Lipinski definition) is 5. The molecule has 2 aromatic carbocycles. The highest BCUT2D eigenvalue weighted by Gasteiger charge is 2.15. The lowest BCUT2D eigenvalue weighted by Crippen LogP contribution is -2.11. The van der Waals surface area contributed by atoms with Gasteiger partial charge in [-0.05, 0) is 18.6 Å². The molecule has 0 fully saturated rings. The van der Waals surface area contributed by atoms with Crippen LogP contribution in [0.15, 0.2) is 65.8 Å². The summed E-state index contributed by atoms with van der Waals surface area (Å²) < 4.78 is 1.50. The van der Waals surface area contributed by atoms with Crippen LogP contribution in [0.4, 0.5) is 0 Å². The minimum absolute atomic E-state index is 0.561. The third kappa shape index (κ3) is 3.34. The Bertz CT molecular complexity index is 1000. The monoisotopic (exact) mass is 362 g/mol. The quantitative estimate of drug-likeness (QED) is 0.418. The molecule has 0 unspecified atom stereocenters. The second-order valence-electron chi connectivity index (χ2n) is 5.98. The van der Waals surface area contributed by atoms with E-state index < -0.39 is 0 Å². The second kappa shape index (κ2) is 7.05. The fraction of sp³-hybridized carbons (Fsp3) is 0.105. The Kier molecular flexibility index (Phi) is 4.45. The normalized spacial score (nSPS) is 11.0. The van der Waals surface area contributed by atoms with E-state index in [2.05, 4.69) is 51.6 Å². The van der Waals surface area contributed by atoms with Crippen molar-refractivity contribution in [3.05, 3.63) is 71.8 Å². The van der Waals surface area contributed by atoms with Crippen LogP contribution >= 0.6 is 11.8 Å². The van der Waals surface area contributed by atoms with Crippen molar-refractivity contribution < 1.29 is 0 Å². The first kappa shape index (κ1) is 16.4. The molecular formula is C19H18N6S. The smallest absolute Gasteiger partial charge is 0.210 e. The second-order valence-corrected chi connectivity index (χ2v) is 6.93. The van der Waals surface area contributed by atoms with Gasteiger partial charge in [-0.1, -0.05) is 71.9 Å². The van der Waals surface area contributed by atoms with Crippen LogP contribution in [0.3, 0.4) is 0 Å². The van der Waals surface area contributed by atoms with Gasteiger partial charge in [-0.15, -0.1) is 10.2 Å². The van der Waals surface area contributed by atoms with Crippen LogP contribution in [0.2, 0.25) is 0 Å². The summed E-state index contributed by atoms with van der Waals surface area (Å²) in [6.07, 6.45) is 0. The first-order valence-electron chi connectivity index (χ1n) is 8.21. The number of aromatic amines is 1. The lowest BCUT2D eigenvalue weighted by molar-refractivity contribution is 0.847. The molecule has 26 heavy (non-hydrogen) atoms. The number of hydrogen-bond donors (Lipinski definition) is 2. The Hall–Kier alpha value is -3.06. The predicted molar refractivity (Wildman–Crippen MR) is 104 cm³/mol. The van der Waals surface area contributed by atoms with E-state index in [1.165, 1.54) is 15.8 Å². The summed E-state index contributed by atoms with van der Waals surface area (Å²) in [5.74, 6) is 7.54. The van der Waals surface area contributed by atoms with E-state index >= 15 is 0 Å². The van der Waals surface area contributed by atoms with Crippen LogP contribution in [0.25, 0.3) is 22.8 Å². The fourth-order valence-corrected chi connectivity index (χ4v) is 3.40.